The number of imide groups is 1. The predicted octanol–water partition coefficient (Wildman–Crippen LogP) is 6.04. The van der Waals surface area contributed by atoms with Crippen molar-refractivity contribution in [2.45, 2.75) is 70.2 Å². The summed E-state index contributed by atoms with van der Waals surface area (Å²) in [5.41, 5.74) is -0.148. The fourth-order valence-electron chi connectivity index (χ4n) is 4.70. The molecule has 1 unspecified atom stereocenters. The zero-order valence-corrected chi connectivity index (χ0v) is 29.3. The number of anilines is 2. The topological polar surface area (TPSA) is 179 Å². The Hall–Kier alpha value is -5.21. The third-order valence-electron chi connectivity index (χ3n) is 6.80. The van der Waals surface area contributed by atoms with Gasteiger partial charge in [-0.3, -0.25) is 4.79 Å². The van der Waals surface area contributed by atoms with Crippen LogP contribution in [-0.4, -0.2) is 49.8 Å². The van der Waals surface area contributed by atoms with Crippen LogP contribution in [0.25, 0.3) is 10.8 Å². The minimum Gasteiger partial charge on any atom is -0.497 e. The van der Waals surface area contributed by atoms with Gasteiger partial charge >= 0.3 is 12.2 Å². The molecule has 0 aliphatic rings. The number of hydrogen-bond acceptors (Lipinski definition) is 10. The number of sulfonamides is 1. The average molecular weight is 692 g/mol. The average Bonchev–Trinajstić information content (AvgIpc) is 3.00. The molecule has 260 valence electrons. The molecular weight excluding hydrogens is 650 g/mol. The van der Waals surface area contributed by atoms with Gasteiger partial charge < -0.3 is 24.8 Å². The quantitative estimate of drug-likeness (QED) is 0.187. The summed E-state index contributed by atoms with van der Waals surface area (Å²) in [4.78, 5) is 45.4. The Labute approximate surface area is 285 Å². The number of methoxy groups -OCH3 is 1. The van der Waals surface area contributed by atoms with Crippen molar-refractivity contribution in [2.24, 2.45) is 5.14 Å². The number of carbonyl (C=O) groups excluding carboxylic acids is 3. The van der Waals surface area contributed by atoms with E-state index in [-0.39, 0.29) is 17.3 Å². The van der Waals surface area contributed by atoms with E-state index < -0.39 is 45.4 Å². The van der Waals surface area contributed by atoms with Gasteiger partial charge in [0.2, 0.25) is 15.9 Å². The predicted molar refractivity (Wildman–Crippen MR) is 186 cm³/mol. The lowest BCUT2D eigenvalue weighted by molar-refractivity contribution is -0.122. The number of fused-ring (bicyclic) bond motifs is 1. The summed E-state index contributed by atoms with van der Waals surface area (Å²) in [7, 11) is -2.40. The second kappa shape index (κ2) is 14.5. The molecule has 0 spiro atoms. The van der Waals surface area contributed by atoms with E-state index in [4.69, 9.17) is 19.3 Å². The highest BCUT2D eigenvalue weighted by molar-refractivity contribution is 7.89. The van der Waals surface area contributed by atoms with E-state index in [2.05, 4.69) is 15.6 Å². The molecule has 49 heavy (non-hydrogen) atoms. The summed E-state index contributed by atoms with van der Waals surface area (Å²) in [6, 6.07) is 18.9. The molecule has 0 fully saturated rings. The van der Waals surface area contributed by atoms with Crippen LogP contribution in [0.5, 0.6) is 5.75 Å². The van der Waals surface area contributed by atoms with Gasteiger partial charge in [-0.2, -0.15) is 4.90 Å². The van der Waals surface area contributed by atoms with Crippen LogP contribution in [0.15, 0.2) is 83.9 Å². The largest absolute Gasteiger partial charge is 0.497 e. The molecule has 4 N–H and O–H groups in total. The van der Waals surface area contributed by atoms with Gasteiger partial charge in [0.1, 0.15) is 23.0 Å². The van der Waals surface area contributed by atoms with Gasteiger partial charge in [-0.05, 0) is 107 Å². The van der Waals surface area contributed by atoms with Crippen LogP contribution in [0.3, 0.4) is 0 Å². The van der Waals surface area contributed by atoms with E-state index in [9.17, 15) is 22.8 Å². The number of benzene rings is 3. The van der Waals surface area contributed by atoms with Gasteiger partial charge in [0.15, 0.2) is 5.82 Å². The normalized spacial score (nSPS) is 12.5. The summed E-state index contributed by atoms with van der Waals surface area (Å²) in [6.07, 6.45) is -0.452. The first-order chi connectivity index (χ1) is 22.8. The maximum Gasteiger partial charge on any atom is 0.425 e. The second-order valence-electron chi connectivity index (χ2n) is 13.1. The minimum atomic E-state index is -3.92. The zero-order chi connectivity index (χ0) is 36.1. The first kappa shape index (κ1) is 36.6. The molecule has 13 nitrogen and oxygen atoms in total. The van der Waals surface area contributed by atoms with Crippen LogP contribution in [0, 0.1) is 0 Å². The minimum absolute atomic E-state index is 0.0105. The highest BCUT2D eigenvalue weighted by Crippen LogP contribution is 2.31. The molecular formula is C35H41N5O8S. The standard InChI is InChI=1S/C35H41N5O8S/c1-34(2,3)47-32(42)40(33(43)48-35(4,5)6)30-28-15-14-25(19-23(28)16-17-37-30)39-29(24-11-9-12-26(20-24)46-7)31(41)38-21-22-10-8-13-27(18-22)49(36,44)45/h8-20,29,39H,21H2,1-7H3,(H,38,41)(H2,36,44,45). The van der Waals surface area contributed by atoms with Gasteiger partial charge in [-0.25, -0.2) is 28.1 Å². The molecule has 4 aromatic rings. The smallest absolute Gasteiger partial charge is 0.425 e. The summed E-state index contributed by atoms with van der Waals surface area (Å²) in [5.74, 6) is 0.138. The number of carbonyl (C=O) groups is 3. The number of primary sulfonamides is 1. The first-order valence-corrected chi connectivity index (χ1v) is 16.8. The van der Waals surface area contributed by atoms with Crippen LogP contribution < -0.4 is 25.4 Å². The number of rotatable bonds is 9. The lowest BCUT2D eigenvalue weighted by atomic mass is 10.0. The molecule has 4 rings (SSSR count). The molecule has 1 atom stereocenters. The van der Waals surface area contributed by atoms with Crippen LogP contribution >= 0.6 is 0 Å². The molecule has 0 bridgehead atoms. The van der Waals surface area contributed by atoms with Gasteiger partial charge in [0.25, 0.3) is 0 Å². The highest BCUT2D eigenvalue weighted by Gasteiger charge is 2.34. The van der Waals surface area contributed by atoms with Crippen molar-refractivity contribution >= 4 is 50.4 Å². The van der Waals surface area contributed by atoms with Crippen LogP contribution in [0.1, 0.15) is 58.7 Å². The monoisotopic (exact) mass is 691 g/mol. The van der Waals surface area contributed by atoms with E-state index in [0.29, 0.717) is 33.3 Å². The van der Waals surface area contributed by atoms with Crippen molar-refractivity contribution in [3.8, 4) is 5.75 Å². The van der Waals surface area contributed by atoms with Gasteiger partial charge in [-0.1, -0.05) is 24.3 Å². The third-order valence-corrected chi connectivity index (χ3v) is 7.71. The van der Waals surface area contributed by atoms with Crippen molar-refractivity contribution < 1.29 is 37.0 Å². The summed E-state index contributed by atoms with van der Waals surface area (Å²) >= 11 is 0. The molecule has 0 saturated carbocycles. The van der Waals surface area contributed by atoms with Gasteiger partial charge in [0, 0.05) is 23.8 Å². The zero-order valence-electron chi connectivity index (χ0n) is 28.4. The molecule has 1 heterocycles. The Kier molecular flexibility index (Phi) is 10.8. The Balaban J connectivity index is 1.69. The first-order valence-electron chi connectivity index (χ1n) is 15.3. The van der Waals surface area contributed by atoms with Crippen molar-refractivity contribution in [3.63, 3.8) is 0 Å². The number of nitrogens with two attached hydrogens (primary N) is 1. The van der Waals surface area contributed by atoms with Crippen molar-refractivity contribution in [1.29, 1.82) is 0 Å². The molecule has 14 heteroatoms. The number of hydrogen-bond donors (Lipinski definition) is 3. The Morgan fingerprint density at radius 1 is 0.878 bits per heavy atom. The van der Waals surface area contributed by atoms with E-state index in [1.807, 2.05) is 0 Å². The Morgan fingerprint density at radius 3 is 2.14 bits per heavy atom. The summed E-state index contributed by atoms with van der Waals surface area (Å²) in [6.45, 7) is 10.1. The van der Waals surface area contributed by atoms with E-state index >= 15 is 0 Å². The molecule has 0 radical (unpaired) electrons. The molecule has 3 amide bonds. The maximum absolute atomic E-state index is 13.7. The van der Waals surface area contributed by atoms with Crippen molar-refractivity contribution in [1.82, 2.24) is 10.3 Å². The van der Waals surface area contributed by atoms with Crippen molar-refractivity contribution in [3.05, 3.63) is 90.1 Å². The lowest BCUT2D eigenvalue weighted by Gasteiger charge is -2.28. The molecule has 1 aromatic heterocycles. The second-order valence-corrected chi connectivity index (χ2v) is 14.7. The fraction of sp³-hybridized carbons (Fsp3) is 0.314. The molecule has 0 aliphatic heterocycles. The number of aromatic nitrogens is 1. The number of amides is 3. The van der Waals surface area contributed by atoms with E-state index in [1.165, 1.54) is 25.4 Å². The lowest BCUT2D eigenvalue weighted by Crippen LogP contribution is -2.44. The van der Waals surface area contributed by atoms with Crippen LogP contribution in [0.4, 0.5) is 21.1 Å². The summed E-state index contributed by atoms with van der Waals surface area (Å²) in [5, 5.41) is 12.4. The number of ether oxygens (including phenoxy) is 3. The number of nitrogens with one attached hydrogen (secondary N) is 2. The highest BCUT2D eigenvalue weighted by atomic mass is 32.2. The fourth-order valence-corrected chi connectivity index (χ4v) is 5.29. The maximum atomic E-state index is 13.7. The number of pyridine rings is 1. The van der Waals surface area contributed by atoms with Crippen LogP contribution in [-0.2, 0) is 30.8 Å². The van der Waals surface area contributed by atoms with E-state index in [0.717, 1.165) is 4.90 Å². The SMILES string of the molecule is COc1cccc(C(Nc2ccc3c(N(C(=O)OC(C)(C)C)C(=O)OC(C)(C)C)nccc3c2)C(=O)NCc2cccc(S(N)(=O)=O)c2)c1. The molecule has 0 saturated heterocycles. The Bertz CT molecular complexity index is 1940. The van der Waals surface area contributed by atoms with Gasteiger partial charge in [0.05, 0.1) is 12.0 Å². The molecule has 3 aromatic carbocycles. The van der Waals surface area contributed by atoms with E-state index in [1.54, 1.807) is 102 Å². The molecule has 0 aliphatic carbocycles. The Morgan fingerprint density at radius 2 is 1.53 bits per heavy atom. The van der Waals surface area contributed by atoms with Gasteiger partial charge in [-0.15, -0.1) is 0 Å². The number of nitrogens with zero attached hydrogens (tertiary/aromatic N) is 2. The van der Waals surface area contributed by atoms with Crippen molar-refractivity contribution in [2.75, 3.05) is 17.3 Å². The van der Waals surface area contributed by atoms with Crippen LogP contribution in [0.2, 0.25) is 0 Å². The third kappa shape index (κ3) is 9.90. The summed E-state index contributed by atoms with van der Waals surface area (Å²) < 4.78 is 40.1.